The maximum Gasteiger partial charge on any atom is 0.141 e. The number of nitrogens with zero attached hydrogens (tertiary/aromatic N) is 1. The predicted octanol–water partition coefficient (Wildman–Crippen LogP) is 4.78. The lowest BCUT2D eigenvalue weighted by Crippen LogP contribution is -1.87. The first kappa shape index (κ1) is 14.0. The lowest BCUT2D eigenvalue weighted by atomic mass is 10.0. The largest absolute Gasteiger partial charge is 0.216 e. The standard InChI is InChI=1S/C17H13F2N/c18-10-2-1-3-13-4-6-14(7-5-13)15-8-9-16(12-20)17(19)11-15/h2,4-11H,1,3H2/b10-2-. The molecule has 0 spiro atoms. The maximum atomic E-state index is 13.6. The van der Waals surface area contributed by atoms with Crippen molar-refractivity contribution in [3.05, 3.63) is 71.8 Å². The topological polar surface area (TPSA) is 23.8 Å². The normalized spacial score (nSPS) is 10.7. The van der Waals surface area contributed by atoms with Gasteiger partial charge >= 0.3 is 0 Å². The summed E-state index contributed by atoms with van der Waals surface area (Å²) in [5.41, 5.74) is 2.76. The number of rotatable bonds is 4. The van der Waals surface area contributed by atoms with Crippen LogP contribution in [-0.4, -0.2) is 0 Å². The van der Waals surface area contributed by atoms with Crippen LogP contribution in [-0.2, 0) is 6.42 Å². The van der Waals surface area contributed by atoms with Gasteiger partial charge < -0.3 is 0 Å². The molecule has 0 atom stereocenters. The molecule has 0 radical (unpaired) electrons. The molecule has 0 amide bonds. The molecule has 20 heavy (non-hydrogen) atoms. The average molecular weight is 269 g/mol. The number of nitriles is 1. The third-order valence-corrected chi connectivity index (χ3v) is 3.07. The third kappa shape index (κ3) is 3.30. The Morgan fingerprint density at radius 3 is 2.35 bits per heavy atom. The zero-order valence-corrected chi connectivity index (χ0v) is 10.8. The molecule has 0 aliphatic rings. The Hall–Kier alpha value is -2.47. The molecule has 2 aromatic carbocycles. The molecule has 0 saturated carbocycles. The van der Waals surface area contributed by atoms with Crippen LogP contribution in [0.25, 0.3) is 11.1 Å². The summed E-state index contributed by atoms with van der Waals surface area (Å²) in [7, 11) is 0. The van der Waals surface area contributed by atoms with Gasteiger partial charge in [0.2, 0.25) is 0 Å². The van der Waals surface area contributed by atoms with E-state index < -0.39 is 5.82 Å². The van der Waals surface area contributed by atoms with Gasteiger partial charge in [-0.15, -0.1) is 0 Å². The lowest BCUT2D eigenvalue weighted by Gasteiger charge is -2.04. The van der Waals surface area contributed by atoms with E-state index >= 15 is 0 Å². The van der Waals surface area contributed by atoms with Crippen molar-refractivity contribution in [1.29, 1.82) is 5.26 Å². The Morgan fingerprint density at radius 2 is 1.75 bits per heavy atom. The summed E-state index contributed by atoms with van der Waals surface area (Å²) in [5, 5.41) is 8.70. The van der Waals surface area contributed by atoms with Gasteiger partial charge in [0, 0.05) is 0 Å². The van der Waals surface area contributed by atoms with Crippen molar-refractivity contribution in [3.63, 3.8) is 0 Å². The SMILES string of the molecule is N#Cc1ccc(-c2ccc(CC/C=C\F)cc2)cc1F. The van der Waals surface area contributed by atoms with E-state index in [2.05, 4.69) is 0 Å². The molecular weight excluding hydrogens is 256 g/mol. The Morgan fingerprint density at radius 1 is 1.05 bits per heavy atom. The van der Waals surface area contributed by atoms with Crippen molar-refractivity contribution >= 4 is 0 Å². The predicted molar refractivity (Wildman–Crippen MR) is 75.1 cm³/mol. The molecular formula is C17H13F2N. The summed E-state index contributed by atoms with van der Waals surface area (Å²) in [6.45, 7) is 0. The monoisotopic (exact) mass is 269 g/mol. The van der Waals surface area contributed by atoms with Crippen LogP contribution in [0.2, 0.25) is 0 Å². The Bertz CT molecular complexity index is 652. The van der Waals surface area contributed by atoms with Crippen molar-refractivity contribution in [2.24, 2.45) is 0 Å². The van der Waals surface area contributed by atoms with Crippen LogP contribution in [0.15, 0.2) is 54.9 Å². The summed E-state index contributed by atoms with van der Waals surface area (Å²) in [5.74, 6) is -0.512. The number of allylic oxidation sites excluding steroid dienone is 1. The molecule has 2 rings (SSSR count). The summed E-state index contributed by atoms with van der Waals surface area (Å²) >= 11 is 0. The minimum atomic E-state index is -0.512. The lowest BCUT2D eigenvalue weighted by molar-refractivity contribution is 0.624. The highest BCUT2D eigenvalue weighted by Gasteiger charge is 2.04. The summed E-state index contributed by atoms with van der Waals surface area (Å²) in [4.78, 5) is 0. The summed E-state index contributed by atoms with van der Waals surface area (Å²) in [6.07, 6.45) is 3.45. The first-order valence-corrected chi connectivity index (χ1v) is 6.29. The van der Waals surface area contributed by atoms with E-state index in [1.165, 1.54) is 18.2 Å². The first-order valence-electron chi connectivity index (χ1n) is 6.29. The van der Waals surface area contributed by atoms with E-state index in [-0.39, 0.29) is 5.56 Å². The smallest absolute Gasteiger partial charge is 0.141 e. The second-order valence-electron chi connectivity index (χ2n) is 4.40. The van der Waals surface area contributed by atoms with E-state index in [0.717, 1.165) is 23.1 Å². The molecule has 0 heterocycles. The second kappa shape index (κ2) is 6.63. The molecule has 1 nitrogen and oxygen atoms in total. The number of halogens is 2. The molecule has 3 heteroatoms. The highest BCUT2D eigenvalue weighted by Crippen LogP contribution is 2.22. The third-order valence-electron chi connectivity index (χ3n) is 3.07. The van der Waals surface area contributed by atoms with Gasteiger partial charge in [-0.25, -0.2) is 8.78 Å². The van der Waals surface area contributed by atoms with Crippen LogP contribution >= 0.6 is 0 Å². The van der Waals surface area contributed by atoms with E-state index in [4.69, 9.17) is 5.26 Å². The van der Waals surface area contributed by atoms with Crippen molar-refractivity contribution in [2.75, 3.05) is 0 Å². The van der Waals surface area contributed by atoms with E-state index in [1.54, 1.807) is 12.1 Å². The summed E-state index contributed by atoms with van der Waals surface area (Å²) in [6, 6.07) is 14.0. The number of hydrogen-bond acceptors (Lipinski definition) is 1. The molecule has 2 aromatic rings. The fourth-order valence-corrected chi connectivity index (χ4v) is 1.96. The highest BCUT2D eigenvalue weighted by atomic mass is 19.1. The maximum absolute atomic E-state index is 13.6. The highest BCUT2D eigenvalue weighted by molar-refractivity contribution is 5.64. The molecule has 0 bridgehead atoms. The van der Waals surface area contributed by atoms with Crippen LogP contribution < -0.4 is 0 Å². The van der Waals surface area contributed by atoms with Crippen LogP contribution in [0.3, 0.4) is 0 Å². The zero-order valence-electron chi connectivity index (χ0n) is 10.8. The van der Waals surface area contributed by atoms with Gasteiger partial charge in [-0.05, 0) is 41.7 Å². The summed E-state index contributed by atoms with van der Waals surface area (Å²) < 4.78 is 25.4. The molecule has 100 valence electrons. The second-order valence-corrected chi connectivity index (χ2v) is 4.40. The quantitative estimate of drug-likeness (QED) is 0.783. The van der Waals surface area contributed by atoms with Crippen LogP contribution in [0.1, 0.15) is 17.5 Å². The van der Waals surface area contributed by atoms with Gasteiger partial charge in [-0.3, -0.25) is 0 Å². The molecule has 0 saturated heterocycles. The number of aryl methyl sites for hydroxylation is 1. The van der Waals surface area contributed by atoms with Gasteiger partial charge in [-0.1, -0.05) is 36.4 Å². The van der Waals surface area contributed by atoms with Crippen molar-refractivity contribution in [3.8, 4) is 17.2 Å². The van der Waals surface area contributed by atoms with E-state index in [9.17, 15) is 8.78 Å². The first-order chi connectivity index (χ1) is 9.74. The van der Waals surface area contributed by atoms with E-state index in [1.807, 2.05) is 24.3 Å². The minimum absolute atomic E-state index is 0.0448. The Balaban J connectivity index is 2.17. The van der Waals surface area contributed by atoms with Gasteiger partial charge in [0.15, 0.2) is 0 Å². The number of hydrogen-bond donors (Lipinski definition) is 0. The fraction of sp³-hybridized carbons (Fsp3) is 0.118. The molecule has 0 aliphatic heterocycles. The van der Waals surface area contributed by atoms with Crippen LogP contribution in [0.4, 0.5) is 8.78 Å². The number of benzene rings is 2. The van der Waals surface area contributed by atoms with Gasteiger partial charge in [0.1, 0.15) is 11.9 Å². The van der Waals surface area contributed by atoms with E-state index in [0.29, 0.717) is 12.8 Å². The fourth-order valence-electron chi connectivity index (χ4n) is 1.96. The van der Waals surface area contributed by atoms with Crippen LogP contribution in [0, 0.1) is 17.1 Å². The molecule has 0 N–H and O–H groups in total. The Labute approximate surface area is 116 Å². The van der Waals surface area contributed by atoms with Crippen molar-refractivity contribution in [2.45, 2.75) is 12.8 Å². The van der Waals surface area contributed by atoms with Gasteiger partial charge in [-0.2, -0.15) is 5.26 Å². The molecule has 0 unspecified atom stereocenters. The molecule has 0 fully saturated rings. The minimum Gasteiger partial charge on any atom is -0.216 e. The average Bonchev–Trinajstić information content (AvgIpc) is 2.48. The van der Waals surface area contributed by atoms with Gasteiger partial charge in [0.25, 0.3) is 0 Å². The van der Waals surface area contributed by atoms with Crippen LogP contribution in [0.5, 0.6) is 0 Å². The Kier molecular flexibility index (Phi) is 4.62. The van der Waals surface area contributed by atoms with Gasteiger partial charge in [0.05, 0.1) is 11.9 Å². The molecule has 0 aromatic heterocycles. The molecule has 0 aliphatic carbocycles. The van der Waals surface area contributed by atoms with Crippen molar-refractivity contribution in [1.82, 2.24) is 0 Å². The van der Waals surface area contributed by atoms with Crippen molar-refractivity contribution < 1.29 is 8.78 Å². The zero-order chi connectivity index (χ0) is 14.4.